The van der Waals surface area contributed by atoms with Gasteiger partial charge in [-0.3, -0.25) is 24.0 Å². The molecule has 4 amide bonds. The second-order valence-electron chi connectivity index (χ2n) is 10.6. The number of ketones is 1. The molecule has 0 spiro atoms. The monoisotopic (exact) mass is 552 g/mol. The summed E-state index contributed by atoms with van der Waals surface area (Å²) in [6.07, 6.45) is 1.30. The highest BCUT2D eigenvalue weighted by molar-refractivity contribution is 7.17. The van der Waals surface area contributed by atoms with Gasteiger partial charge in [-0.15, -0.1) is 11.3 Å². The van der Waals surface area contributed by atoms with E-state index in [0.717, 1.165) is 10.4 Å². The first kappa shape index (κ1) is 28.5. The van der Waals surface area contributed by atoms with E-state index in [1.54, 1.807) is 13.0 Å². The minimum absolute atomic E-state index is 0.0906. The van der Waals surface area contributed by atoms with Gasteiger partial charge in [0.05, 0.1) is 17.5 Å². The number of amides is 4. The Morgan fingerprint density at radius 3 is 2.31 bits per heavy atom. The third kappa shape index (κ3) is 6.21. The number of hydrogen-bond acceptors (Lipinski definition) is 6. The predicted octanol–water partition coefficient (Wildman–Crippen LogP) is 2.86. The van der Waals surface area contributed by atoms with Crippen LogP contribution < -0.4 is 10.6 Å². The van der Waals surface area contributed by atoms with Crippen LogP contribution in [0.3, 0.4) is 0 Å². The molecule has 1 aromatic carbocycles. The number of thiophene rings is 1. The summed E-state index contributed by atoms with van der Waals surface area (Å²) in [7, 11) is 0. The minimum atomic E-state index is -0.793. The van der Waals surface area contributed by atoms with Gasteiger partial charge in [-0.2, -0.15) is 0 Å². The first-order valence-electron chi connectivity index (χ1n) is 13.5. The quantitative estimate of drug-likeness (QED) is 0.496. The Kier molecular flexibility index (Phi) is 8.84. The van der Waals surface area contributed by atoms with Crippen LogP contribution >= 0.6 is 11.3 Å². The Balaban J connectivity index is 1.48. The maximum absolute atomic E-state index is 13.8. The van der Waals surface area contributed by atoms with E-state index in [9.17, 15) is 24.0 Å². The molecule has 208 valence electrons. The predicted molar refractivity (Wildman–Crippen MR) is 149 cm³/mol. The van der Waals surface area contributed by atoms with Crippen molar-refractivity contribution in [3.05, 3.63) is 47.3 Å². The van der Waals surface area contributed by atoms with Crippen LogP contribution in [0.4, 0.5) is 0 Å². The van der Waals surface area contributed by atoms with E-state index in [0.29, 0.717) is 30.7 Å². The van der Waals surface area contributed by atoms with E-state index >= 15 is 0 Å². The van der Waals surface area contributed by atoms with Crippen LogP contribution in [0, 0.1) is 5.92 Å². The highest BCUT2D eigenvalue weighted by atomic mass is 32.1. The van der Waals surface area contributed by atoms with Crippen LogP contribution in [-0.2, 0) is 19.2 Å². The lowest BCUT2D eigenvalue weighted by molar-refractivity contribution is -0.138. The fourth-order valence-electron chi connectivity index (χ4n) is 5.48. The van der Waals surface area contributed by atoms with Gasteiger partial charge in [-0.25, -0.2) is 0 Å². The smallest absolute Gasteiger partial charge is 0.262 e. The molecular formula is C29H36N4O5S. The lowest BCUT2D eigenvalue weighted by Gasteiger charge is -2.29. The lowest BCUT2D eigenvalue weighted by atomic mass is 10.0. The van der Waals surface area contributed by atoms with Gasteiger partial charge in [0.2, 0.25) is 17.7 Å². The van der Waals surface area contributed by atoms with Crippen LogP contribution in [0.25, 0.3) is 10.4 Å². The van der Waals surface area contributed by atoms with Gasteiger partial charge in [-0.05, 0) is 42.9 Å². The zero-order chi connectivity index (χ0) is 28.3. The van der Waals surface area contributed by atoms with Gasteiger partial charge in [-0.1, -0.05) is 51.1 Å². The normalized spacial score (nSPS) is 20.1. The van der Waals surface area contributed by atoms with Gasteiger partial charge in [0.1, 0.15) is 18.1 Å². The van der Waals surface area contributed by atoms with E-state index in [1.165, 1.54) is 28.1 Å². The first-order valence-corrected chi connectivity index (χ1v) is 14.3. The number of Topliss-reactive ketones (excluding diaryl/α,β-unsaturated/α-hetero) is 1. The van der Waals surface area contributed by atoms with Crippen LogP contribution in [0.15, 0.2) is 42.5 Å². The Morgan fingerprint density at radius 2 is 1.67 bits per heavy atom. The van der Waals surface area contributed by atoms with Crippen molar-refractivity contribution in [3.63, 3.8) is 0 Å². The molecule has 9 nitrogen and oxygen atoms in total. The van der Waals surface area contributed by atoms with Crippen molar-refractivity contribution in [1.82, 2.24) is 20.4 Å². The van der Waals surface area contributed by atoms with Crippen molar-refractivity contribution < 1.29 is 24.0 Å². The molecule has 0 saturated carbocycles. The molecule has 3 heterocycles. The molecule has 10 heteroatoms. The summed E-state index contributed by atoms with van der Waals surface area (Å²) in [6, 6.07) is 10.8. The topological polar surface area (TPSA) is 116 Å². The van der Waals surface area contributed by atoms with Gasteiger partial charge in [0.15, 0.2) is 5.78 Å². The van der Waals surface area contributed by atoms with E-state index in [1.807, 2.05) is 50.2 Å². The third-order valence-electron chi connectivity index (χ3n) is 7.27. The number of nitrogens with zero attached hydrogens (tertiary/aromatic N) is 2. The van der Waals surface area contributed by atoms with Crippen LogP contribution in [0.2, 0.25) is 0 Å². The maximum Gasteiger partial charge on any atom is 0.262 e. The lowest BCUT2D eigenvalue weighted by Crippen LogP contribution is -2.53. The summed E-state index contributed by atoms with van der Waals surface area (Å²) in [5, 5.41) is 5.58. The highest BCUT2D eigenvalue weighted by Gasteiger charge is 2.52. The molecule has 1 aromatic heterocycles. The molecule has 2 aliphatic rings. The summed E-state index contributed by atoms with van der Waals surface area (Å²) in [6.45, 7) is 7.34. The molecule has 0 radical (unpaired) electrons. The molecule has 4 atom stereocenters. The van der Waals surface area contributed by atoms with E-state index in [2.05, 4.69) is 10.6 Å². The van der Waals surface area contributed by atoms with Crippen molar-refractivity contribution in [2.75, 3.05) is 13.1 Å². The molecule has 4 rings (SSSR count). The SMILES string of the molecule is CCC(NC(C)=O)C(=O)N1CC(=O)C2C1CCN2C(=O)C(CC(C)C)NC(=O)c1ccc(-c2ccccc2)s1. The molecule has 0 bridgehead atoms. The fourth-order valence-corrected chi connectivity index (χ4v) is 6.40. The second-order valence-corrected chi connectivity index (χ2v) is 11.7. The molecule has 2 saturated heterocycles. The number of fused-ring (bicyclic) bond motifs is 1. The zero-order valence-corrected chi connectivity index (χ0v) is 23.6. The summed E-state index contributed by atoms with van der Waals surface area (Å²) < 4.78 is 0. The van der Waals surface area contributed by atoms with Gasteiger partial charge in [0.25, 0.3) is 5.91 Å². The number of carbonyl (C=O) groups excluding carboxylic acids is 5. The highest BCUT2D eigenvalue weighted by Crippen LogP contribution is 2.32. The Hall–Kier alpha value is -3.53. The number of hydrogen-bond donors (Lipinski definition) is 2. The van der Waals surface area contributed by atoms with E-state index < -0.39 is 24.2 Å². The summed E-state index contributed by atoms with van der Waals surface area (Å²) >= 11 is 1.36. The van der Waals surface area contributed by atoms with Gasteiger partial charge < -0.3 is 20.4 Å². The fraction of sp³-hybridized carbons (Fsp3) is 0.483. The summed E-state index contributed by atoms with van der Waals surface area (Å²) in [4.78, 5) is 69.3. The maximum atomic E-state index is 13.8. The molecule has 39 heavy (non-hydrogen) atoms. The summed E-state index contributed by atoms with van der Waals surface area (Å²) in [5.74, 6) is -1.32. The first-order chi connectivity index (χ1) is 18.6. The average Bonchev–Trinajstić information content (AvgIpc) is 3.63. The average molecular weight is 553 g/mol. The Labute approximate surface area is 232 Å². The Bertz CT molecular complexity index is 1240. The van der Waals surface area contributed by atoms with Crippen molar-refractivity contribution in [3.8, 4) is 10.4 Å². The van der Waals surface area contributed by atoms with Crippen LogP contribution in [-0.4, -0.2) is 76.5 Å². The third-order valence-corrected chi connectivity index (χ3v) is 8.40. The minimum Gasteiger partial charge on any atom is -0.345 e. The number of carbonyl (C=O) groups is 5. The number of likely N-dealkylation sites (tertiary alicyclic amines) is 2. The van der Waals surface area contributed by atoms with Gasteiger partial charge in [0, 0.05) is 18.3 Å². The van der Waals surface area contributed by atoms with E-state index in [4.69, 9.17) is 0 Å². The van der Waals surface area contributed by atoms with Crippen molar-refractivity contribution in [2.45, 2.75) is 71.1 Å². The van der Waals surface area contributed by atoms with Gasteiger partial charge >= 0.3 is 0 Å². The molecule has 2 aliphatic heterocycles. The van der Waals surface area contributed by atoms with Crippen molar-refractivity contribution >= 4 is 40.7 Å². The van der Waals surface area contributed by atoms with E-state index in [-0.39, 0.29) is 41.9 Å². The largest absolute Gasteiger partial charge is 0.345 e. The number of rotatable bonds is 9. The second kappa shape index (κ2) is 12.1. The van der Waals surface area contributed by atoms with Crippen LogP contribution in [0.5, 0.6) is 0 Å². The zero-order valence-electron chi connectivity index (χ0n) is 22.8. The molecule has 2 N–H and O–H groups in total. The molecule has 4 unspecified atom stereocenters. The molecule has 2 aromatic rings. The number of nitrogens with one attached hydrogen (secondary N) is 2. The van der Waals surface area contributed by atoms with Crippen molar-refractivity contribution in [1.29, 1.82) is 0 Å². The molecule has 2 fully saturated rings. The van der Waals surface area contributed by atoms with Crippen molar-refractivity contribution in [2.24, 2.45) is 5.92 Å². The number of benzene rings is 1. The Morgan fingerprint density at radius 1 is 0.974 bits per heavy atom. The molecule has 0 aliphatic carbocycles. The molecular weight excluding hydrogens is 516 g/mol. The van der Waals surface area contributed by atoms with Crippen LogP contribution in [0.1, 0.15) is 56.6 Å². The summed E-state index contributed by atoms with van der Waals surface area (Å²) in [5.41, 5.74) is 1.02. The standard InChI is InChI=1S/C29H36N4O5S/c1-5-20(30-18(4)34)28(37)33-16-23(35)26-22(33)13-14-32(26)29(38)21(15-17(2)3)31-27(36)25-12-11-24(39-25)19-9-7-6-8-10-19/h6-12,17,20-22,26H,5,13-16H2,1-4H3,(H,30,34)(H,31,36).